The molecule has 8 heteroatoms. The molecule has 7 nitrogen and oxygen atoms in total. The fourth-order valence-electron chi connectivity index (χ4n) is 2.02. The Labute approximate surface area is 149 Å². The monoisotopic (exact) mass is 354 g/mol. The Hall–Kier alpha value is -3.00. The maximum absolute atomic E-state index is 12.2. The van der Waals surface area contributed by atoms with E-state index in [9.17, 15) is 4.79 Å². The zero-order chi connectivity index (χ0) is 17.6. The van der Waals surface area contributed by atoms with Gasteiger partial charge in [0.05, 0.1) is 17.8 Å². The summed E-state index contributed by atoms with van der Waals surface area (Å²) in [7, 11) is 3.87. The number of benzene rings is 1. The molecular weight excluding hydrogens is 336 g/mol. The standard InChI is InChI=1S/C17H18N6OS/c1-23(2)17-22-14(11-25-17)10-18-15(24)12-8-19-16(20-9-12)21-13-6-4-3-5-7-13/h3-9,11H,10H2,1-2H3,(H,18,24)(H,19,20,21). The van der Waals surface area contributed by atoms with Crippen molar-refractivity contribution in [1.29, 1.82) is 0 Å². The molecule has 0 saturated heterocycles. The lowest BCUT2D eigenvalue weighted by molar-refractivity contribution is 0.0950. The first-order valence-electron chi connectivity index (χ1n) is 7.66. The summed E-state index contributed by atoms with van der Waals surface area (Å²) in [6.07, 6.45) is 3.00. The molecule has 0 aliphatic heterocycles. The fourth-order valence-corrected chi connectivity index (χ4v) is 2.77. The van der Waals surface area contributed by atoms with Crippen molar-refractivity contribution in [2.75, 3.05) is 24.3 Å². The largest absolute Gasteiger partial charge is 0.354 e. The molecule has 0 bridgehead atoms. The van der Waals surface area contributed by atoms with Crippen molar-refractivity contribution in [1.82, 2.24) is 20.3 Å². The number of nitrogens with one attached hydrogen (secondary N) is 2. The second-order valence-corrected chi connectivity index (χ2v) is 6.32. The molecule has 25 heavy (non-hydrogen) atoms. The predicted molar refractivity (Wildman–Crippen MR) is 99.4 cm³/mol. The lowest BCUT2D eigenvalue weighted by atomic mass is 10.3. The van der Waals surface area contributed by atoms with Crippen molar-refractivity contribution in [3.63, 3.8) is 0 Å². The number of rotatable bonds is 6. The highest BCUT2D eigenvalue weighted by molar-refractivity contribution is 7.13. The molecule has 0 aliphatic rings. The Morgan fingerprint density at radius 3 is 2.52 bits per heavy atom. The topological polar surface area (TPSA) is 83.0 Å². The van der Waals surface area contributed by atoms with Crippen LogP contribution in [-0.4, -0.2) is 35.0 Å². The molecule has 2 N–H and O–H groups in total. The summed E-state index contributed by atoms with van der Waals surface area (Å²) in [6, 6.07) is 9.61. The van der Waals surface area contributed by atoms with Crippen molar-refractivity contribution < 1.29 is 4.79 Å². The summed E-state index contributed by atoms with van der Waals surface area (Å²) in [4.78, 5) is 26.9. The van der Waals surface area contributed by atoms with Crippen LogP contribution in [0.1, 0.15) is 16.1 Å². The van der Waals surface area contributed by atoms with E-state index in [0.29, 0.717) is 18.1 Å². The Morgan fingerprint density at radius 1 is 1.16 bits per heavy atom. The minimum atomic E-state index is -0.231. The van der Waals surface area contributed by atoms with E-state index in [1.54, 1.807) is 0 Å². The van der Waals surface area contributed by atoms with E-state index in [2.05, 4.69) is 25.6 Å². The summed E-state index contributed by atoms with van der Waals surface area (Å²) in [6.45, 7) is 0.368. The first-order valence-corrected chi connectivity index (χ1v) is 8.54. The highest BCUT2D eigenvalue weighted by Gasteiger charge is 2.09. The number of anilines is 3. The molecule has 0 radical (unpaired) electrons. The van der Waals surface area contributed by atoms with Gasteiger partial charge >= 0.3 is 0 Å². The summed E-state index contributed by atoms with van der Waals surface area (Å²) in [5.74, 6) is 0.212. The number of thiazole rings is 1. The van der Waals surface area contributed by atoms with Gasteiger partial charge < -0.3 is 15.5 Å². The molecule has 0 saturated carbocycles. The Kier molecular flexibility index (Phi) is 5.20. The van der Waals surface area contributed by atoms with Gasteiger partial charge in [-0.1, -0.05) is 18.2 Å². The van der Waals surface area contributed by atoms with E-state index >= 15 is 0 Å². The van der Waals surface area contributed by atoms with Gasteiger partial charge in [-0.3, -0.25) is 4.79 Å². The van der Waals surface area contributed by atoms with Gasteiger partial charge in [-0.25, -0.2) is 15.0 Å². The van der Waals surface area contributed by atoms with Crippen LogP contribution in [0.5, 0.6) is 0 Å². The molecule has 1 amide bonds. The van der Waals surface area contributed by atoms with Crippen LogP contribution < -0.4 is 15.5 Å². The first kappa shape index (κ1) is 16.8. The number of carbonyl (C=O) groups excluding carboxylic acids is 1. The van der Waals surface area contributed by atoms with Crippen LogP contribution in [0.15, 0.2) is 48.1 Å². The smallest absolute Gasteiger partial charge is 0.254 e. The predicted octanol–water partition coefficient (Wildman–Crippen LogP) is 2.67. The molecule has 0 aliphatic carbocycles. The van der Waals surface area contributed by atoms with Crippen LogP contribution in [0.3, 0.4) is 0 Å². The minimum Gasteiger partial charge on any atom is -0.354 e. The average Bonchev–Trinajstić information content (AvgIpc) is 3.11. The Bertz CT molecular complexity index is 832. The van der Waals surface area contributed by atoms with Crippen LogP contribution in [0, 0.1) is 0 Å². The molecule has 0 spiro atoms. The third kappa shape index (κ3) is 4.51. The van der Waals surface area contributed by atoms with Crippen molar-refractivity contribution in [2.24, 2.45) is 0 Å². The van der Waals surface area contributed by atoms with Crippen LogP contribution in [0.25, 0.3) is 0 Å². The van der Waals surface area contributed by atoms with Gasteiger partial charge in [-0.15, -0.1) is 11.3 Å². The van der Waals surface area contributed by atoms with Gasteiger partial charge in [0.15, 0.2) is 5.13 Å². The van der Waals surface area contributed by atoms with Gasteiger partial charge in [0.25, 0.3) is 5.91 Å². The first-order chi connectivity index (χ1) is 12.1. The van der Waals surface area contributed by atoms with E-state index in [1.165, 1.54) is 23.7 Å². The SMILES string of the molecule is CN(C)c1nc(CNC(=O)c2cnc(Nc3ccccc3)nc2)cs1. The molecule has 2 heterocycles. The number of amides is 1. The lowest BCUT2D eigenvalue weighted by Crippen LogP contribution is -2.23. The molecule has 2 aromatic heterocycles. The van der Waals surface area contributed by atoms with Crippen molar-refractivity contribution >= 4 is 34.0 Å². The van der Waals surface area contributed by atoms with E-state index in [4.69, 9.17) is 0 Å². The summed E-state index contributed by atoms with van der Waals surface area (Å²) in [5, 5.41) is 8.73. The van der Waals surface area contributed by atoms with E-state index in [-0.39, 0.29) is 5.91 Å². The number of aromatic nitrogens is 3. The molecule has 128 valence electrons. The van der Waals surface area contributed by atoms with Crippen molar-refractivity contribution in [2.45, 2.75) is 6.54 Å². The summed E-state index contributed by atoms with van der Waals surface area (Å²) < 4.78 is 0. The maximum atomic E-state index is 12.2. The number of carbonyl (C=O) groups is 1. The van der Waals surface area contributed by atoms with Gasteiger partial charge in [-0.2, -0.15) is 0 Å². The molecule has 3 aromatic rings. The van der Waals surface area contributed by atoms with Crippen molar-refractivity contribution in [3.8, 4) is 0 Å². The van der Waals surface area contributed by atoms with Gasteiger partial charge in [0, 0.05) is 37.6 Å². The number of nitrogens with zero attached hydrogens (tertiary/aromatic N) is 4. The Morgan fingerprint density at radius 2 is 1.88 bits per heavy atom. The summed E-state index contributed by atoms with van der Waals surface area (Å²) >= 11 is 1.54. The van der Waals surface area contributed by atoms with Gasteiger partial charge in [0.2, 0.25) is 5.95 Å². The molecule has 3 rings (SSSR count). The third-order valence-corrected chi connectivity index (χ3v) is 4.35. The lowest BCUT2D eigenvalue weighted by Gasteiger charge is -2.07. The third-order valence-electron chi connectivity index (χ3n) is 3.30. The number of para-hydroxylation sites is 1. The number of hydrogen-bond donors (Lipinski definition) is 2. The molecular formula is C17H18N6OS. The second kappa shape index (κ2) is 7.71. The van der Waals surface area contributed by atoms with E-state index in [1.807, 2.05) is 54.7 Å². The minimum absolute atomic E-state index is 0.231. The maximum Gasteiger partial charge on any atom is 0.254 e. The van der Waals surface area contributed by atoms with Gasteiger partial charge in [-0.05, 0) is 12.1 Å². The zero-order valence-corrected chi connectivity index (χ0v) is 14.7. The molecule has 0 unspecified atom stereocenters. The molecule has 0 atom stereocenters. The second-order valence-electron chi connectivity index (χ2n) is 5.48. The Balaban J connectivity index is 1.56. The quantitative estimate of drug-likeness (QED) is 0.708. The molecule has 0 fully saturated rings. The van der Waals surface area contributed by atoms with Crippen LogP contribution in [0.4, 0.5) is 16.8 Å². The normalized spacial score (nSPS) is 10.3. The van der Waals surface area contributed by atoms with E-state index in [0.717, 1.165) is 16.5 Å². The highest BCUT2D eigenvalue weighted by atomic mass is 32.1. The zero-order valence-electron chi connectivity index (χ0n) is 13.9. The van der Waals surface area contributed by atoms with Crippen LogP contribution in [0.2, 0.25) is 0 Å². The van der Waals surface area contributed by atoms with Crippen molar-refractivity contribution in [3.05, 3.63) is 59.4 Å². The number of hydrogen-bond acceptors (Lipinski definition) is 7. The van der Waals surface area contributed by atoms with Crippen LogP contribution in [-0.2, 0) is 6.54 Å². The van der Waals surface area contributed by atoms with Crippen LogP contribution >= 0.6 is 11.3 Å². The molecule has 1 aromatic carbocycles. The fraction of sp³-hybridized carbons (Fsp3) is 0.176. The van der Waals surface area contributed by atoms with Gasteiger partial charge in [0.1, 0.15) is 0 Å². The van der Waals surface area contributed by atoms with E-state index < -0.39 is 0 Å². The average molecular weight is 354 g/mol. The summed E-state index contributed by atoms with van der Waals surface area (Å²) in [5.41, 5.74) is 2.12. The highest BCUT2D eigenvalue weighted by Crippen LogP contribution is 2.17.